The van der Waals surface area contributed by atoms with Crippen molar-refractivity contribution in [3.8, 4) is 0 Å². The third-order valence-electron chi connectivity index (χ3n) is 4.67. The van der Waals surface area contributed by atoms with Gasteiger partial charge in [-0.1, -0.05) is 27.7 Å². The molecule has 10 nitrogen and oxygen atoms in total. The van der Waals surface area contributed by atoms with E-state index in [1.165, 1.54) is 21.0 Å². The Labute approximate surface area is 187 Å². The van der Waals surface area contributed by atoms with E-state index in [4.69, 9.17) is 9.15 Å². The number of hydrogen-bond acceptors (Lipinski definition) is 8. The van der Waals surface area contributed by atoms with Crippen molar-refractivity contribution in [3.05, 3.63) is 40.8 Å². The summed E-state index contributed by atoms with van der Waals surface area (Å²) in [5, 5.41) is 11.8. The van der Waals surface area contributed by atoms with Gasteiger partial charge in [0.05, 0.1) is 12.7 Å². The van der Waals surface area contributed by atoms with Crippen molar-refractivity contribution < 1.29 is 32.3 Å². The van der Waals surface area contributed by atoms with Gasteiger partial charge in [0.25, 0.3) is 0 Å². The van der Waals surface area contributed by atoms with Crippen molar-refractivity contribution in [1.82, 2.24) is 9.71 Å². The molecule has 0 bridgehead atoms. The fraction of sp³-hybridized carbons (Fsp3) is 0.476. The molecule has 11 heteroatoms. The number of methoxy groups -OCH3 is 1. The highest BCUT2D eigenvalue weighted by Crippen LogP contribution is 2.34. The molecule has 0 saturated heterocycles. The topological polar surface area (TPSA) is 148 Å². The molecule has 176 valence electrons. The quantitative estimate of drug-likeness (QED) is 0.525. The molecule has 0 spiro atoms. The molecule has 0 aliphatic carbocycles. The van der Waals surface area contributed by atoms with Crippen LogP contribution in [-0.4, -0.2) is 37.6 Å². The van der Waals surface area contributed by atoms with Crippen molar-refractivity contribution in [1.29, 1.82) is 0 Å². The van der Waals surface area contributed by atoms with Gasteiger partial charge >= 0.3 is 27.2 Å². The number of oxazole rings is 1. The number of aromatic nitrogens is 1. The molecule has 0 aliphatic rings. The Morgan fingerprint density at radius 1 is 1.12 bits per heavy atom. The third kappa shape index (κ3) is 5.65. The van der Waals surface area contributed by atoms with Crippen LogP contribution in [0.15, 0.2) is 28.0 Å². The molecule has 1 aromatic carbocycles. The lowest BCUT2D eigenvalue weighted by atomic mass is 9.90. The summed E-state index contributed by atoms with van der Waals surface area (Å²) in [7, 11) is -3.16. The number of anilines is 1. The molecule has 0 aliphatic heterocycles. The third-order valence-corrected chi connectivity index (χ3v) is 5.77. The summed E-state index contributed by atoms with van der Waals surface area (Å²) >= 11 is 0. The van der Waals surface area contributed by atoms with E-state index in [1.54, 1.807) is 12.1 Å². The average Bonchev–Trinajstić information content (AvgIpc) is 3.18. The molecule has 32 heavy (non-hydrogen) atoms. The Bertz CT molecular complexity index is 1080. The van der Waals surface area contributed by atoms with Crippen LogP contribution in [-0.2, 0) is 20.4 Å². The van der Waals surface area contributed by atoms with E-state index in [1.807, 2.05) is 32.4 Å². The van der Waals surface area contributed by atoms with Crippen LogP contribution in [0.1, 0.15) is 80.6 Å². The van der Waals surface area contributed by atoms with Crippen LogP contribution in [0.2, 0.25) is 0 Å². The zero-order valence-corrected chi connectivity index (χ0v) is 20.0. The summed E-state index contributed by atoms with van der Waals surface area (Å²) in [6.45, 7) is 10.4. The Balaban J connectivity index is 2.40. The smallest absolute Gasteiger partial charge is 0.337 e. The predicted molar refractivity (Wildman–Crippen MR) is 117 cm³/mol. The van der Waals surface area contributed by atoms with Crippen molar-refractivity contribution in [2.24, 2.45) is 0 Å². The minimum absolute atomic E-state index is 0.000806. The second kappa shape index (κ2) is 9.29. The molecule has 1 heterocycles. The molecule has 1 aromatic heterocycles. The van der Waals surface area contributed by atoms with Crippen LogP contribution in [0.4, 0.5) is 10.5 Å². The second-order valence-corrected chi connectivity index (χ2v) is 10.0. The van der Waals surface area contributed by atoms with Crippen LogP contribution in [0.3, 0.4) is 0 Å². The molecule has 0 saturated carbocycles. The van der Waals surface area contributed by atoms with Crippen molar-refractivity contribution in [3.63, 3.8) is 0 Å². The first-order valence-electron chi connectivity index (χ1n) is 9.95. The highest BCUT2D eigenvalue weighted by Gasteiger charge is 2.29. The van der Waals surface area contributed by atoms with Gasteiger partial charge in [0.2, 0.25) is 0 Å². The van der Waals surface area contributed by atoms with Crippen LogP contribution in [0.25, 0.3) is 0 Å². The van der Waals surface area contributed by atoms with Crippen LogP contribution < -0.4 is 10.0 Å². The van der Waals surface area contributed by atoms with Gasteiger partial charge < -0.3 is 19.6 Å². The van der Waals surface area contributed by atoms with Gasteiger partial charge in [-0.25, -0.2) is 14.3 Å². The van der Waals surface area contributed by atoms with E-state index in [0.717, 1.165) is 6.26 Å². The summed E-state index contributed by atoms with van der Waals surface area (Å²) in [6.07, 6.45) is 1.01. The number of ether oxygens (including phenoxy) is 1. The number of hydrogen-bond donors (Lipinski definition) is 3. The van der Waals surface area contributed by atoms with E-state index < -0.39 is 32.8 Å². The molecule has 0 unspecified atom stereocenters. The Morgan fingerprint density at radius 2 is 1.66 bits per heavy atom. The highest BCUT2D eigenvalue weighted by atomic mass is 32.2. The number of nitrogens with zero attached hydrogens (tertiary/aromatic N) is 1. The molecule has 2 aromatic rings. The van der Waals surface area contributed by atoms with E-state index >= 15 is 0 Å². The lowest BCUT2D eigenvalue weighted by Gasteiger charge is -2.21. The fourth-order valence-electron chi connectivity index (χ4n) is 2.94. The van der Waals surface area contributed by atoms with Gasteiger partial charge in [-0.2, -0.15) is 13.4 Å². The first-order chi connectivity index (χ1) is 14.7. The number of nitrogens with one attached hydrogen (secondary N) is 2. The summed E-state index contributed by atoms with van der Waals surface area (Å²) in [4.78, 5) is 28.4. The maximum atomic E-state index is 12.6. The van der Waals surface area contributed by atoms with Gasteiger partial charge in [-0.15, -0.1) is 0 Å². The summed E-state index contributed by atoms with van der Waals surface area (Å²) in [5.41, 5.74) is 0.603. The Morgan fingerprint density at radius 3 is 2.06 bits per heavy atom. The summed E-state index contributed by atoms with van der Waals surface area (Å²) < 4.78 is 36.6. The maximum absolute atomic E-state index is 12.6. The van der Waals surface area contributed by atoms with Crippen molar-refractivity contribution in [2.45, 2.75) is 64.2 Å². The predicted octanol–water partition coefficient (Wildman–Crippen LogP) is 3.45. The number of rotatable bonds is 7. The SMILES string of the molecule is COC(=O)c1cc(C(C)C)c(NC(=O)NS(=O)(=O)c2nc(C(C)(C)O)co2)c(C(C)C)c1. The largest absolute Gasteiger partial charge is 0.465 e. The zero-order chi connectivity index (χ0) is 24.4. The normalized spacial score (nSPS) is 12.2. The molecule has 0 radical (unpaired) electrons. The van der Waals surface area contributed by atoms with Crippen LogP contribution in [0.5, 0.6) is 0 Å². The molecule has 2 rings (SSSR count). The van der Waals surface area contributed by atoms with E-state index in [9.17, 15) is 23.1 Å². The molecular formula is C21H29N3O7S. The molecule has 0 fully saturated rings. The number of urea groups is 1. The van der Waals surface area contributed by atoms with Crippen LogP contribution >= 0.6 is 0 Å². The number of sulfonamides is 1. The lowest BCUT2D eigenvalue weighted by molar-refractivity contribution is 0.0600. The highest BCUT2D eigenvalue weighted by molar-refractivity contribution is 7.89. The fourth-order valence-corrected chi connectivity index (χ4v) is 3.72. The maximum Gasteiger partial charge on any atom is 0.337 e. The summed E-state index contributed by atoms with van der Waals surface area (Å²) in [5.74, 6) is -0.700. The molecule has 0 atom stereocenters. The standard InChI is InChI=1S/C21H29N3O7S/c1-11(2)14-8-13(18(25)30-7)9-15(12(3)4)17(14)23-19(26)24-32(28,29)20-22-16(10-31-20)21(5,6)27/h8-12,27H,1-7H3,(H2,23,24,26). The molecular weight excluding hydrogens is 438 g/mol. The van der Waals surface area contributed by atoms with Gasteiger partial charge in [0, 0.05) is 5.69 Å². The van der Waals surface area contributed by atoms with E-state index in [2.05, 4.69) is 10.3 Å². The average molecular weight is 468 g/mol. The van der Waals surface area contributed by atoms with Crippen LogP contribution in [0, 0.1) is 0 Å². The molecule has 3 N–H and O–H groups in total. The van der Waals surface area contributed by atoms with E-state index in [-0.39, 0.29) is 17.5 Å². The number of esters is 1. The lowest BCUT2D eigenvalue weighted by Crippen LogP contribution is -2.35. The van der Waals surface area contributed by atoms with Crippen molar-refractivity contribution >= 4 is 27.7 Å². The zero-order valence-electron chi connectivity index (χ0n) is 19.1. The van der Waals surface area contributed by atoms with Gasteiger partial charge in [0.1, 0.15) is 17.6 Å². The van der Waals surface area contributed by atoms with Gasteiger partial charge in [-0.05, 0) is 48.9 Å². The first-order valence-corrected chi connectivity index (χ1v) is 11.4. The van der Waals surface area contributed by atoms with Gasteiger partial charge in [-0.3, -0.25) is 0 Å². The number of amides is 2. The minimum Gasteiger partial charge on any atom is -0.465 e. The summed E-state index contributed by atoms with van der Waals surface area (Å²) in [6, 6.07) is 2.19. The Hall–Kier alpha value is -2.92. The Kier molecular flexibility index (Phi) is 7.36. The molecule has 2 amide bonds. The van der Waals surface area contributed by atoms with E-state index in [0.29, 0.717) is 22.4 Å². The van der Waals surface area contributed by atoms with Gasteiger partial charge in [0.15, 0.2) is 0 Å². The second-order valence-electron chi connectivity index (χ2n) is 8.45. The number of benzene rings is 1. The monoisotopic (exact) mass is 467 g/mol. The number of carbonyl (C=O) groups is 2. The number of aliphatic hydroxyl groups is 1. The first kappa shape index (κ1) is 25.3. The van der Waals surface area contributed by atoms with Crippen molar-refractivity contribution in [2.75, 3.05) is 12.4 Å². The minimum atomic E-state index is -4.44. The number of carbonyl (C=O) groups excluding carboxylic acids is 2.